The van der Waals surface area contributed by atoms with Gasteiger partial charge in [0, 0.05) is 0 Å². The Morgan fingerprint density at radius 2 is 1.90 bits per heavy atom. The number of nitrogens with one attached hydrogen (secondary N) is 1. The molecule has 9 heteroatoms. The Bertz CT molecular complexity index is 526. The topological polar surface area (TPSA) is 51.2 Å². The van der Waals surface area contributed by atoms with Gasteiger partial charge in [-0.25, -0.2) is 14.2 Å². The van der Waals surface area contributed by atoms with Crippen LogP contribution in [-0.2, 0) is 10.9 Å². The summed E-state index contributed by atoms with van der Waals surface area (Å²) in [6.07, 6.45) is -5.07. The SMILES string of the molecule is CC(C)(C)OC(=O)Nc1cnc(C(F)(F)F)c(F)c1I. The number of carbonyl (C=O) groups excluding carboxylic acids is 1. The van der Waals surface area contributed by atoms with Crippen molar-refractivity contribution in [2.45, 2.75) is 32.5 Å². The van der Waals surface area contributed by atoms with Gasteiger partial charge in [0.25, 0.3) is 0 Å². The average molecular weight is 406 g/mol. The number of hydrogen-bond donors (Lipinski definition) is 1. The summed E-state index contributed by atoms with van der Waals surface area (Å²) in [5, 5.41) is 2.15. The molecule has 0 fully saturated rings. The van der Waals surface area contributed by atoms with Gasteiger partial charge in [0.2, 0.25) is 0 Å². The molecular weight excluding hydrogens is 395 g/mol. The number of amides is 1. The third kappa shape index (κ3) is 4.46. The molecule has 4 nitrogen and oxygen atoms in total. The third-order valence-corrected chi connectivity index (χ3v) is 2.92. The lowest BCUT2D eigenvalue weighted by Gasteiger charge is -2.20. The van der Waals surface area contributed by atoms with Gasteiger partial charge in [-0.2, -0.15) is 13.2 Å². The number of nitrogens with zero attached hydrogens (tertiary/aromatic N) is 1. The molecule has 0 radical (unpaired) electrons. The zero-order chi connectivity index (χ0) is 15.7. The minimum absolute atomic E-state index is 0.189. The number of ether oxygens (including phenoxy) is 1. The van der Waals surface area contributed by atoms with E-state index in [1.54, 1.807) is 20.8 Å². The van der Waals surface area contributed by atoms with E-state index in [0.29, 0.717) is 0 Å². The molecule has 0 bridgehead atoms. The van der Waals surface area contributed by atoms with Crippen molar-refractivity contribution >= 4 is 34.4 Å². The van der Waals surface area contributed by atoms with Gasteiger partial charge < -0.3 is 4.74 Å². The van der Waals surface area contributed by atoms with Crippen molar-refractivity contribution < 1.29 is 27.1 Å². The number of carbonyl (C=O) groups is 1. The van der Waals surface area contributed by atoms with E-state index in [2.05, 4.69) is 10.3 Å². The lowest BCUT2D eigenvalue weighted by Crippen LogP contribution is -2.27. The predicted molar refractivity (Wildman–Crippen MR) is 71.8 cm³/mol. The van der Waals surface area contributed by atoms with E-state index in [0.717, 1.165) is 6.20 Å². The monoisotopic (exact) mass is 406 g/mol. The van der Waals surface area contributed by atoms with Crippen LogP contribution >= 0.6 is 22.6 Å². The molecule has 0 unspecified atom stereocenters. The summed E-state index contributed by atoms with van der Waals surface area (Å²) in [6, 6.07) is 0. The molecule has 1 aromatic heterocycles. The maximum Gasteiger partial charge on any atom is 0.436 e. The molecule has 0 saturated heterocycles. The molecule has 0 spiro atoms. The van der Waals surface area contributed by atoms with E-state index in [4.69, 9.17) is 4.74 Å². The van der Waals surface area contributed by atoms with Crippen LogP contribution in [0.2, 0.25) is 0 Å². The molecule has 1 aromatic rings. The van der Waals surface area contributed by atoms with Crippen molar-refractivity contribution in [2.75, 3.05) is 5.32 Å². The Labute approximate surface area is 126 Å². The second kappa shape index (κ2) is 5.70. The summed E-state index contributed by atoms with van der Waals surface area (Å²) >= 11 is 1.36. The zero-order valence-corrected chi connectivity index (χ0v) is 12.9. The summed E-state index contributed by atoms with van der Waals surface area (Å²) in [4.78, 5) is 14.4. The molecule has 1 heterocycles. The van der Waals surface area contributed by atoms with Gasteiger partial charge in [-0.05, 0) is 43.4 Å². The molecule has 1 amide bonds. The van der Waals surface area contributed by atoms with Crippen LogP contribution in [0, 0.1) is 9.39 Å². The first-order valence-electron chi connectivity index (χ1n) is 5.33. The van der Waals surface area contributed by atoms with Crippen LogP contribution in [0.5, 0.6) is 0 Å². The summed E-state index contributed by atoms with van der Waals surface area (Å²) in [6.45, 7) is 4.84. The number of anilines is 1. The Hall–Kier alpha value is -1.13. The van der Waals surface area contributed by atoms with E-state index in [1.807, 2.05) is 0 Å². The first-order valence-corrected chi connectivity index (χ1v) is 6.41. The van der Waals surface area contributed by atoms with E-state index < -0.39 is 33.0 Å². The fraction of sp³-hybridized carbons (Fsp3) is 0.455. The molecule has 0 aliphatic carbocycles. The fourth-order valence-electron chi connectivity index (χ4n) is 1.16. The second-order valence-electron chi connectivity index (χ2n) is 4.77. The molecular formula is C11H11F4IN2O2. The minimum atomic E-state index is -4.89. The lowest BCUT2D eigenvalue weighted by atomic mass is 10.2. The van der Waals surface area contributed by atoms with Gasteiger partial charge in [-0.1, -0.05) is 0 Å². The highest BCUT2D eigenvalue weighted by molar-refractivity contribution is 14.1. The molecule has 112 valence electrons. The van der Waals surface area contributed by atoms with Crippen molar-refractivity contribution in [3.63, 3.8) is 0 Å². The minimum Gasteiger partial charge on any atom is -0.444 e. The molecule has 1 N–H and O–H groups in total. The number of rotatable bonds is 1. The van der Waals surface area contributed by atoms with Crippen molar-refractivity contribution in [2.24, 2.45) is 0 Å². The standard InChI is InChI=1S/C11H11F4IN2O2/c1-10(2,3)20-9(19)18-5-4-17-8(11(13,14)15)6(12)7(5)16/h4H,1-3H3,(H,18,19). The number of pyridine rings is 1. The number of alkyl halides is 3. The summed E-state index contributed by atoms with van der Waals surface area (Å²) in [5.41, 5.74) is -2.60. The number of halogens is 5. The Kier molecular flexibility index (Phi) is 4.82. The van der Waals surface area contributed by atoms with Crippen LogP contribution in [0.1, 0.15) is 26.5 Å². The Morgan fingerprint density at radius 3 is 2.35 bits per heavy atom. The smallest absolute Gasteiger partial charge is 0.436 e. The van der Waals surface area contributed by atoms with Gasteiger partial charge in [-0.15, -0.1) is 0 Å². The van der Waals surface area contributed by atoms with Crippen LogP contribution in [0.4, 0.5) is 28.0 Å². The van der Waals surface area contributed by atoms with Crippen LogP contribution < -0.4 is 5.32 Å². The normalized spacial score (nSPS) is 12.2. The lowest BCUT2D eigenvalue weighted by molar-refractivity contribution is -0.143. The highest BCUT2D eigenvalue weighted by Gasteiger charge is 2.37. The second-order valence-corrected chi connectivity index (χ2v) is 5.85. The maximum atomic E-state index is 13.6. The van der Waals surface area contributed by atoms with Crippen molar-refractivity contribution in [3.05, 3.63) is 21.3 Å². The highest BCUT2D eigenvalue weighted by atomic mass is 127. The molecule has 0 aliphatic rings. The first kappa shape index (κ1) is 16.9. The van der Waals surface area contributed by atoms with E-state index in [9.17, 15) is 22.4 Å². The zero-order valence-electron chi connectivity index (χ0n) is 10.7. The molecule has 20 heavy (non-hydrogen) atoms. The molecule has 0 atom stereocenters. The van der Waals surface area contributed by atoms with E-state index in [1.165, 1.54) is 22.6 Å². The highest BCUT2D eigenvalue weighted by Crippen LogP contribution is 2.33. The van der Waals surface area contributed by atoms with Crippen LogP contribution in [0.15, 0.2) is 6.20 Å². The van der Waals surface area contributed by atoms with Crippen molar-refractivity contribution in [1.82, 2.24) is 4.98 Å². The third-order valence-electron chi connectivity index (χ3n) is 1.86. The van der Waals surface area contributed by atoms with Gasteiger partial charge in [0.15, 0.2) is 11.5 Å². The quantitative estimate of drug-likeness (QED) is 0.562. The summed E-state index contributed by atoms with van der Waals surface area (Å²) in [7, 11) is 0. The van der Waals surface area contributed by atoms with Crippen molar-refractivity contribution in [3.8, 4) is 0 Å². The van der Waals surface area contributed by atoms with E-state index >= 15 is 0 Å². The Morgan fingerprint density at radius 1 is 1.35 bits per heavy atom. The van der Waals surface area contributed by atoms with Crippen LogP contribution in [-0.4, -0.2) is 16.7 Å². The predicted octanol–water partition coefficient (Wildman–Crippen LogP) is 4.19. The molecule has 0 saturated carbocycles. The Balaban J connectivity index is 3.00. The summed E-state index contributed by atoms with van der Waals surface area (Å²) < 4.78 is 55.4. The maximum absolute atomic E-state index is 13.6. The van der Waals surface area contributed by atoms with Gasteiger partial charge in [0.1, 0.15) is 5.60 Å². The average Bonchev–Trinajstić information content (AvgIpc) is 2.20. The van der Waals surface area contributed by atoms with Gasteiger partial charge in [-0.3, -0.25) is 5.32 Å². The van der Waals surface area contributed by atoms with Gasteiger partial charge >= 0.3 is 12.3 Å². The number of hydrogen-bond acceptors (Lipinski definition) is 3. The molecule has 0 aliphatic heterocycles. The largest absolute Gasteiger partial charge is 0.444 e. The van der Waals surface area contributed by atoms with Crippen molar-refractivity contribution in [1.29, 1.82) is 0 Å². The molecule has 1 rings (SSSR count). The summed E-state index contributed by atoms with van der Waals surface area (Å²) in [5.74, 6) is -1.54. The van der Waals surface area contributed by atoms with E-state index in [-0.39, 0.29) is 5.69 Å². The van der Waals surface area contributed by atoms with Gasteiger partial charge in [0.05, 0.1) is 15.5 Å². The van der Waals surface area contributed by atoms with Crippen LogP contribution in [0.25, 0.3) is 0 Å². The first-order chi connectivity index (χ1) is 8.92. The molecule has 0 aromatic carbocycles. The van der Waals surface area contributed by atoms with Crippen LogP contribution in [0.3, 0.4) is 0 Å². The fourth-order valence-corrected chi connectivity index (χ4v) is 1.69. The number of aromatic nitrogens is 1.